The summed E-state index contributed by atoms with van der Waals surface area (Å²) in [6, 6.07) is 4.07. The van der Waals surface area contributed by atoms with Crippen LogP contribution in [-0.2, 0) is 24.2 Å². The van der Waals surface area contributed by atoms with Crippen molar-refractivity contribution in [2.45, 2.75) is 64.6 Å². The zero-order valence-electron chi connectivity index (χ0n) is 17.8. The van der Waals surface area contributed by atoms with E-state index < -0.39 is 0 Å². The molecule has 0 N–H and O–H groups in total. The average molecular weight is 458 g/mol. The number of thiophene rings is 2. The minimum absolute atomic E-state index is 0.0126. The number of hydrogen-bond donors (Lipinski definition) is 0. The summed E-state index contributed by atoms with van der Waals surface area (Å²) in [7, 11) is 0. The molecule has 1 atom stereocenters. The molecule has 5 rings (SSSR count). The predicted octanol–water partition coefficient (Wildman–Crippen LogP) is 4.38. The largest absolute Gasteiger partial charge is 0.376 e. The Balaban J connectivity index is 1.52. The van der Waals surface area contributed by atoms with Gasteiger partial charge in [-0.05, 0) is 49.6 Å². The number of ether oxygens (including phenoxy) is 1. The van der Waals surface area contributed by atoms with E-state index in [0.717, 1.165) is 67.9 Å². The first-order chi connectivity index (χ1) is 15.1. The van der Waals surface area contributed by atoms with Gasteiger partial charge in [-0.1, -0.05) is 12.5 Å². The van der Waals surface area contributed by atoms with Gasteiger partial charge in [0.2, 0.25) is 0 Å². The molecular weight excluding hydrogens is 430 g/mol. The predicted molar refractivity (Wildman–Crippen MR) is 124 cm³/mol. The standard InChI is InChI=1S/C23H27N3O3S2/c1-15-19-21(24-18-9-3-2-4-10-26(18)22(19)27)31-20(15)23(28)25(13-16-7-5-11-29-16)14-17-8-6-12-30-17/h6,8,12,16H,2-5,7,9-11,13-14H2,1H3. The van der Waals surface area contributed by atoms with Crippen LogP contribution in [0, 0.1) is 6.92 Å². The van der Waals surface area contributed by atoms with Crippen molar-refractivity contribution in [3.8, 4) is 0 Å². The lowest BCUT2D eigenvalue weighted by Gasteiger charge is -2.25. The maximum atomic E-state index is 13.7. The molecule has 1 saturated heterocycles. The summed E-state index contributed by atoms with van der Waals surface area (Å²) in [5.41, 5.74) is 0.782. The monoisotopic (exact) mass is 457 g/mol. The van der Waals surface area contributed by atoms with E-state index in [1.165, 1.54) is 11.3 Å². The van der Waals surface area contributed by atoms with Crippen molar-refractivity contribution < 1.29 is 9.53 Å². The lowest BCUT2D eigenvalue weighted by atomic mass is 10.1. The van der Waals surface area contributed by atoms with E-state index in [1.807, 2.05) is 27.8 Å². The third kappa shape index (κ3) is 4.08. The van der Waals surface area contributed by atoms with Crippen LogP contribution in [0.15, 0.2) is 22.3 Å². The molecule has 0 spiro atoms. The van der Waals surface area contributed by atoms with Crippen LogP contribution in [0.3, 0.4) is 0 Å². The molecule has 8 heteroatoms. The van der Waals surface area contributed by atoms with Crippen LogP contribution >= 0.6 is 22.7 Å². The van der Waals surface area contributed by atoms with Gasteiger partial charge >= 0.3 is 0 Å². The molecule has 3 aromatic rings. The molecule has 1 unspecified atom stereocenters. The Kier molecular flexibility index (Phi) is 5.95. The zero-order chi connectivity index (χ0) is 21.4. The van der Waals surface area contributed by atoms with Gasteiger partial charge in [0, 0.05) is 31.0 Å². The van der Waals surface area contributed by atoms with Gasteiger partial charge in [-0.3, -0.25) is 14.2 Å². The summed E-state index contributed by atoms with van der Waals surface area (Å²) in [4.78, 5) is 36.2. The Bertz CT molecular complexity index is 1140. The fourth-order valence-corrected chi connectivity index (χ4v) is 6.48. The molecule has 2 aliphatic rings. The minimum Gasteiger partial charge on any atom is -0.376 e. The van der Waals surface area contributed by atoms with Gasteiger partial charge in [0.15, 0.2) is 0 Å². The quantitative estimate of drug-likeness (QED) is 0.571. The Hall–Kier alpha value is -2.03. The number of aryl methyl sites for hydroxylation is 2. The summed E-state index contributed by atoms with van der Waals surface area (Å²) in [5.74, 6) is 0.842. The van der Waals surface area contributed by atoms with Crippen molar-refractivity contribution in [2.75, 3.05) is 13.2 Å². The number of carbonyl (C=O) groups is 1. The van der Waals surface area contributed by atoms with Crippen LogP contribution in [0.25, 0.3) is 10.2 Å². The van der Waals surface area contributed by atoms with Gasteiger partial charge in [0.25, 0.3) is 11.5 Å². The lowest BCUT2D eigenvalue weighted by Crippen LogP contribution is -2.36. The minimum atomic E-state index is -0.0241. The lowest BCUT2D eigenvalue weighted by molar-refractivity contribution is 0.0513. The third-order valence-corrected chi connectivity index (χ3v) is 8.30. The molecule has 31 heavy (non-hydrogen) atoms. The number of aromatic nitrogens is 2. The average Bonchev–Trinajstić information content (AvgIpc) is 3.48. The number of carbonyl (C=O) groups excluding carboxylic acids is 1. The summed E-state index contributed by atoms with van der Waals surface area (Å²) in [6.45, 7) is 4.52. The normalized spacial score (nSPS) is 18.8. The first-order valence-electron chi connectivity index (χ1n) is 11.1. The van der Waals surface area contributed by atoms with Crippen LogP contribution < -0.4 is 5.56 Å². The molecule has 0 saturated carbocycles. The number of hydrogen-bond acceptors (Lipinski definition) is 6. The first kappa shape index (κ1) is 20.8. The van der Waals surface area contributed by atoms with Crippen LogP contribution in [0.2, 0.25) is 0 Å². The second-order valence-electron chi connectivity index (χ2n) is 8.43. The van der Waals surface area contributed by atoms with Crippen LogP contribution in [0.1, 0.15) is 58.0 Å². The molecule has 3 aromatic heterocycles. The SMILES string of the molecule is Cc1c(C(=O)N(Cc2cccs2)CC2CCCO2)sc2nc3n(c(=O)c12)CCCCC3. The Labute approximate surface area is 189 Å². The van der Waals surface area contributed by atoms with Gasteiger partial charge in [0.05, 0.1) is 22.9 Å². The molecule has 0 radical (unpaired) electrons. The van der Waals surface area contributed by atoms with Crippen molar-refractivity contribution in [2.24, 2.45) is 0 Å². The zero-order valence-corrected chi connectivity index (χ0v) is 19.4. The highest BCUT2D eigenvalue weighted by atomic mass is 32.1. The highest BCUT2D eigenvalue weighted by Gasteiger charge is 2.28. The van der Waals surface area contributed by atoms with Gasteiger partial charge in [0.1, 0.15) is 10.7 Å². The molecule has 2 aliphatic heterocycles. The van der Waals surface area contributed by atoms with Crippen LogP contribution in [0.4, 0.5) is 0 Å². The molecule has 6 nitrogen and oxygen atoms in total. The fourth-order valence-electron chi connectivity index (χ4n) is 4.60. The molecule has 0 aromatic carbocycles. The molecule has 0 aliphatic carbocycles. The van der Waals surface area contributed by atoms with E-state index >= 15 is 0 Å². The van der Waals surface area contributed by atoms with Gasteiger partial charge < -0.3 is 9.64 Å². The summed E-state index contributed by atoms with van der Waals surface area (Å²) >= 11 is 3.03. The van der Waals surface area contributed by atoms with E-state index in [-0.39, 0.29) is 17.6 Å². The molecule has 1 amide bonds. The van der Waals surface area contributed by atoms with Crippen molar-refractivity contribution in [3.63, 3.8) is 0 Å². The van der Waals surface area contributed by atoms with Crippen molar-refractivity contribution >= 4 is 38.8 Å². The number of rotatable bonds is 5. The van der Waals surface area contributed by atoms with Crippen molar-refractivity contribution in [3.05, 3.63) is 49.0 Å². The van der Waals surface area contributed by atoms with E-state index in [2.05, 4.69) is 6.07 Å². The summed E-state index contributed by atoms with van der Waals surface area (Å²) in [6.07, 6.45) is 6.12. The molecular formula is C23H27N3O3S2. The molecule has 1 fully saturated rings. The summed E-state index contributed by atoms with van der Waals surface area (Å²) in [5, 5.41) is 2.65. The second kappa shape index (κ2) is 8.84. The maximum Gasteiger partial charge on any atom is 0.264 e. The number of nitrogens with zero attached hydrogens (tertiary/aromatic N) is 3. The fraction of sp³-hybridized carbons (Fsp3) is 0.522. The van der Waals surface area contributed by atoms with Crippen molar-refractivity contribution in [1.29, 1.82) is 0 Å². The van der Waals surface area contributed by atoms with E-state index in [1.54, 1.807) is 11.3 Å². The number of fused-ring (bicyclic) bond motifs is 2. The molecule has 0 bridgehead atoms. The molecule has 164 valence electrons. The second-order valence-corrected chi connectivity index (χ2v) is 10.5. The third-order valence-electron chi connectivity index (χ3n) is 6.27. The van der Waals surface area contributed by atoms with Gasteiger partial charge in [-0.25, -0.2) is 4.98 Å². The molecule has 5 heterocycles. The van der Waals surface area contributed by atoms with Crippen molar-refractivity contribution in [1.82, 2.24) is 14.5 Å². The topological polar surface area (TPSA) is 64.4 Å². The van der Waals surface area contributed by atoms with Crippen LogP contribution in [-0.4, -0.2) is 39.6 Å². The van der Waals surface area contributed by atoms with E-state index in [4.69, 9.17) is 9.72 Å². The smallest absolute Gasteiger partial charge is 0.264 e. The van der Waals surface area contributed by atoms with Crippen LogP contribution in [0.5, 0.6) is 0 Å². The maximum absolute atomic E-state index is 13.7. The van der Waals surface area contributed by atoms with E-state index in [9.17, 15) is 9.59 Å². The Morgan fingerprint density at radius 2 is 2.23 bits per heavy atom. The highest BCUT2D eigenvalue weighted by molar-refractivity contribution is 7.20. The van der Waals surface area contributed by atoms with E-state index in [0.29, 0.717) is 28.2 Å². The Morgan fingerprint density at radius 1 is 1.32 bits per heavy atom. The highest BCUT2D eigenvalue weighted by Crippen LogP contribution is 2.30. The summed E-state index contributed by atoms with van der Waals surface area (Å²) < 4.78 is 7.66. The Morgan fingerprint density at radius 3 is 3.00 bits per heavy atom. The number of amides is 1. The van der Waals surface area contributed by atoms with Gasteiger partial charge in [-0.2, -0.15) is 0 Å². The van der Waals surface area contributed by atoms with Gasteiger partial charge in [-0.15, -0.1) is 22.7 Å². The first-order valence-corrected chi connectivity index (χ1v) is 12.8.